The largest absolute Gasteiger partial charge is 0.508 e. The molecule has 0 spiro atoms. The first-order valence-corrected chi connectivity index (χ1v) is 40.5. The van der Waals surface area contributed by atoms with Gasteiger partial charge in [-0.1, -0.05) is 55.2 Å². The average Bonchev–Trinajstić information content (AvgIpc) is 1.73. The van der Waals surface area contributed by atoms with Gasteiger partial charge in [-0.3, -0.25) is 38.4 Å². The summed E-state index contributed by atoms with van der Waals surface area (Å²) in [6.07, 6.45) is -15.3. The van der Waals surface area contributed by atoms with E-state index in [0.717, 1.165) is 92.7 Å². The Labute approximate surface area is 719 Å². The SMILES string of the molecule is CN[C@H](CC(C)C)C(=O)NC1C(=O)N[C@@H](CC(N)=O)C(=O)NC2C(=O)N[C@H]3C(=O)N[C@H](C(=O)NC(C(=O)O)c4cc(O)cc(O)c4-c4cc3ccc4O)[C@H](O)c3ccc(c(Cl)c3)Oc3cc2cc(c3OC2OC(CO)C(O)C(O)C2OC2CC(C)(N)C(O)C(C)O2)Oc2ccc(cc2Cl)[C@H]1O.O=C(O)c1cn(C2CC2)c2cc(N3CCNCC3)c(F)cc2c1=O. The number of amides is 7. The number of nitrogens with zero attached hydrogens (tertiary/aromatic N) is 2. The fourth-order valence-corrected chi connectivity index (χ4v) is 16.3. The summed E-state index contributed by atoms with van der Waals surface area (Å²) in [5.74, 6) is -17.7. The number of pyridine rings is 1. The summed E-state index contributed by atoms with van der Waals surface area (Å²) in [5.41, 5.74) is 8.16. The molecule has 23 N–H and O–H groups in total. The molecule has 7 amide bonds. The maximum Gasteiger partial charge on any atom is 0.341 e. The smallest absolute Gasteiger partial charge is 0.341 e. The number of hydrogen-bond acceptors (Lipinski definition) is 29. The number of halogens is 3. The van der Waals surface area contributed by atoms with Crippen LogP contribution in [0.1, 0.15) is 134 Å². The van der Waals surface area contributed by atoms with Crippen LogP contribution < -0.4 is 78.5 Å². The zero-order valence-electron chi connectivity index (χ0n) is 67.4. The van der Waals surface area contributed by atoms with Crippen molar-refractivity contribution in [1.29, 1.82) is 0 Å². The molecule has 42 heteroatoms. The Kier molecular flexibility index (Phi) is 27.2. The predicted octanol–water partition coefficient (Wildman–Crippen LogP) is 1.69. The normalized spacial score (nSPS) is 27.3. The zero-order chi connectivity index (χ0) is 90.4. The Balaban J connectivity index is 0.000000475. The van der Waals surface area contributed by atoms with Crippen molar-refractivity contribution in [1.82, 2.24) is 47.1 Å². The molecule has 9 aliphatic rings. The topological polar surface area (TPSA) is 605 Å². The third-order valence-corrected chi connectivity index (χ3v) is 23.1. The summed E-state index contributed by atoms with van der Waals surface area (Å²) in [6, 6.07) is 2.40. The van der Waals surface area contributed by atoms with Crippen LogP contribution in [0.4, 0.5) is 10.1 Å². The number of piperazine rings is 1. The lowest BCUT2D eigenvalue weighted by Crippen LogP contribution is -2.64. The molecule has 668 valence electrons. The fraction of sp³-hybridized carbons (Fsp3) is 0.422. The van der Waals surface area contributed by atoms with Gasteiger partial charge in [0.2, 0.25) is 58.8 Å². The number of nitrogens with two attached hydrogens (primary N) is 2. The number of fused-ring (bicyclic) bond motifs is 16. The summed E-state index contributed by atoms with van der Waals surface area (Å²) < 4.78 is 54.7. The molecule has 1 aromatic heterocycles. The average molecular weight is 1780 g/mol. The van der Waals surface area contributed by atoms with Crippen LogP contribution in [-0.2, 0) is 52.6 Å². The highest BCUT2D eigenvalue weighted by Gasteiger charge is 2.52. The first-order chi connectivity index (χ1) is 59.2. The molecule has 9 heterocycles. The van der Waals surface area contributed by atoms with E-state index < -0.39 is 254 Å². The number of aromatic hydroxyl groups is 3. The molecule has 3 saturated heterocycles. The number of carboxylic acid groups (broad SMARTS) is 2. The number of aliphatic hydroxyl groups excluding tert-OH is 6. The van der Waals surface area contributed by atoms with Crippen LogP contribution in [-0.4, -0.2) is 233 Å². The fourth-order valence-electron chi connectivity index (χ4n) is 15.8. The van der Waals surface area contributed by atoms with Crippen molar-refractivity contribution in [3.63, 3.8) is 0 Å². The van der Waals surface area contributed by atoms with Crippen LogP contribution in [0.3, 0.4) is 0 Å². The highest BCUT2D eigenvalue weighted by atomic mass is 35.5. The highest BCUT2D eigenvalue weighted by Crippen LogP contribution is 2.50. The minimum Gasteiger partial charge on any atom is -0.508 e. The van der Waals surface area contributed by atoms with Gasteiger partial charge >= 0.3 is 11.9 Å². The summed E-state index contributed by atoms with van der Waals surface area (Å²) in [6.45, 7) is 8.62. The summed E-state index contributed by atoms with van der Waals surface area (Å²) in [7, 11) is 1.47. The minimum atomic E-state index is -2.35. The number of primary amides is 1. The van der Waals surface area contributed by atoms with Gasteiger partial charge in [0.05, 0.1) is 52.5 Å². The summed E-state index contributed by atoms with van der Waals surface area (Å²) >= 11 is 14.1. The zero-order valence-corrected chi connectivity index (χ0v) is 68.9. The number of carbonyl (C=O) groups is 9. The number of phenolic OH excluding ortho intramolecular Hbond substituents is 3. The van der Waals surface area contributed by atoms with E-state index in [-0.39, 0.29) is 63.2 Å². The Hall–Kier alpha value is -11.6. The van der Waals surface area contributed by atoms with Crippen LogP contribution in [0.15, 0.2) is 102 Å². The number of rotatable bonds is 16. The predicted molar refractivity (Wildman–Crippen MR) is 438 cm³/mol. The van der Waals surface area contributed by atoms with Gasteiger partial charge in [-0.15, -0.1) is 0 Å². The monoisotopic (exact) mass is 1780 g/mol. The number of phenols is 3. The number of aromatic nitrogens is 1. The quantitative estimate of drug-likeness (QED) is 0.0654. The van der Waals surface area contributed by atoms with Gasteiger partial charge < -0.3 is 148 Å². The number of hydrogen-bond donors (Lipinski definition) is 21. The second-order valence-corrected chi connectivity index (χ2v) is 32.9. The Morgan fingerprint density at radius 2 is 1.34 bits per heavy atom. The molecule has 6 aromatic carbocycles. The van der Waals surface area contributed by atoms with Crippen molar-refractivity contribution in [3.8, 4) is 57.1 Å². The number of aliphatic carboxylic acids is 1. The molecule has 1 aliphatic carbocycles. The number of likely N-dealkylation sites (N-methyl/N-ethyl adjacent to an activating group) is 1. The second kappa shape index (κ2) is 37.3. The van der Waals surface area contributed by atoms with Crippen LogP contribution in [0.25, 0.3) is 22.0 Å². The van der Waals surface area contributed by atoms with Crippen molar-refractivity contribution in [2.24, 2.45) is 17.4 Å². The van der Waals surface area contributed by atoms with E-state index in [0.29, 0.717) is 24.3 Å². The first-order valence-electron chi connectivity index (χ1n) is 39.8. The van der Waals surface area contributed by atoms with Gasteiger partial charge in [-0.05, 0) is 135 Å². The summed E-state index contributed by atoms with van der Waals surface area (Å²) in [5, 5.41) is 143. The molecule has 16 rings (SSSR count). The minimum absolute atomic E-state index is 0.0975. The number of aromatic carboxylic acids is 1. The lowest BCUT2D eigenvalue weighted by Gasteiger charge is -2.47. The van der Waals surface area contributed by atoms with Crippen LogP contribution in [0.2, 0.25) is 10.0 Å². The molecule has 0 radical (unpaired) electrons. The van der Waals surface area contributed by atoms with E-state index in [9.17, 15) is 94.1 Å². The second-order valence-electron chi connectivity index (χ2n) is 32.1. The molecule has 12 unspecified atom stereocenters. The summed E-state index contributed by atoms with van der Waals surface area (Å²) in [4.78, 5) is 143. The maximum atomic E-state index is 16.0. The molecular weight excluding hydrogens is 1690 g/mol. The lowest BCUT2D eigenvalue weighted by atomic mass is 9.86. The van der Waals surface area contributed by atoms with Crippen molar-refractivity contribution in [2.45, 2.75) is 175 Å². The Bertz CT molecular complexity index is 5470. The number of aliphatic hydroxyl groups is 6. The van der Waals surface area contributed by atoms with E-state index in [1.807, 2.05) is 23.3 Å². The van der Waals surface area contributed by atoms with Crippen LogP contribution in [0.5, 0.6) is 46.0 Å². The lowest BCUT2D eigenvalue weighted by molar-refractivity contribution is -0.333. The Morgan fingerprint density at radius 3 is 1.94 bits per heavy atom. The number of ether oxygens (including phenoxy) is 6. The molecule has 1 saturated carbocycles. The molecule has 4 fully saturated rings. The third-order valence-electron chi connectivity index (χ3n) is 22.5. The van der Waals surface area contributed by atoms with E-state index in [4.69, 9.17) is 63.1 Å². The van der Waals surface area contributed by atoms with E-state index >= 15 is 14.4 Å². The molecule has 18 atom stereocenters. The van der Waals surface area contributed by atoms with E-state index in [1.54, 1.807) is 6.07 Å². The van der Waals surface area contributed by atoms with Gasteiger partial charge in [-0.2, -0.15) is 0 Å². The van der Waals surface area contributed by atoms with Gasteiger partial charge in [0.25, 0.3) is 0 Å². The maximum absolute atomic E-state index is 16.0. The number of nitrogens with one attached hydrogen (secondary N) is 8. The van der Waals surface area contributed by atoms with Crippen molar-refractivity contribution >= 4 is 93.1 Å². The van der Waals surface area contributed by atoms with Crippen molar-refractivity contribution in [3.05, 3.63) is 157 Å². The van der Waals surface area contributed by atoms with Gasteiger partial charge in [-0.25, -0.2) is 14.0 Å². The van der Waals surface area contributed by atoms with Gasteiger partial charge in [0.15, 0.2) is 29.9 Å². The van der Waals surface area contributed by atoms with E-state index in [2.05, 4.69) is 42.5 Å². The van der Waals surface area contributed by atoms with Crippen LogP contribution in [0, 0.1) is 11.7 Å². The van der Waals surface area contributed by atoms with Gasteiger partial charge in [0.1, 0.15) is 101 Å². The number of carboxylic acids is 2. The molecule has 125 heavy (non-hydrogen) atoms. The number of carbonyl (C=O) groups excluding carboxylic acids is 7. The standard InChI is InChI=1S/C66H75Cl2N9O24.C17H18FN3O3/c1-23(2)12-34(71-5)58(88)76-49-51(83)26-7-10-38(32(67)14-26)97-40-16-28-17-41(55(40)101-65-56(54(86)53(85)42(22-78)99-65)100-44-21-66(4,70)57(87)24(3)96-44)98-39-11-8-27(15-33(39)68)52(84)50-63(93)75-48(64(94)95)31-18-29(79)19-37(81)45(31)30-13-25(6-9-36(30)80)46(60(90)77-50)74-61(91)47(28)73-59(89)35(20-43(69)82)72-62(49)92;18-13-7-11-14(8-15(13)20-5-3-19-4-6-20)21(10-1-2-10)9-12(16(11)22)17(23)24/h6-11,13-19,23-24,34-35,42,44,46-54,56-57,65,71,78-81,83-87H,12,20-22,70H2,1-5H3,(H2,69,82)(H,72,92)(H,73,89)(H,74,91)(H,75,93)(H,76,88)(H,77,90)(H,94,95);7-10,19H,1-6H2,(H,23,24)/t24?,34-,35+,42?,44?,46-,47?,48?,49?,50+,51-,52-,53?,54?,56?,57?,65?,66?;/m1./s1. The van der Waals surface area contributed by atoms with E-state index in [1.165, 1.54) is 45.3 Å². The first kappa shape index (κ1) is 91.1. The molecule has 11 bridgehead atoms. The molecular formula is C83H93Cl2FN12O27. The molecule has 7 aromatic rings. The molecule has 39 nitrogen and oxygen atoms in total. The van der Waals surface area contributed by atoms with Gasteiger partial charge in [0, 0.05) is 78.5 Å². The third kappa shape index (κ3) is 19.4. The van der Waals surface area contributed by atoms with Crippen molar-refractivity contribution in [2.75, 3.05) is 44.7 Å². The van der Waals surface area contributed by atoms with Crippen molar-refractivity contribution < 1.29 is 132 Å². The number of anilines is 1. The Morgan fingerprint density at radius 1 is 0.720 bits per heavy atom. The van der Waals surface area contributed by atoms with Crippen LogP contribution >= 0.6 is 23.2 Å². The molecule has 8 aliphatic heterocycles. The highest BCUT2D eigenvalue weighted by molar-refractivity contribution is 6.32. The number of benzene rings is 6.